The Balaban J connectivity index is 2.31. The van der Waals surface area contributed by atoms with Crippen molar-refractivity contribution in [1.29, 1.82) is 0 Å². The van der Waals surface area contributed by atoms with Crippen LogP contribution in [-0.4, -0.2) is 30.9 Å². The predicted octanol–water partition coefficient (Wildman–Crippen LogP) is 1.68. The summed E-state index contributed by atoms with van der Waals surface area (Å²) in [5, 5.41) is 8.52. The standard InChI is InChI=1S/C16H25N3O2/c1-11(2)9-18-16(21)13(4)17-10-15(20)19-14-7-5-12(3)6-8-14/h5-8,11,13,17H,9-10H2,1-4H3,(H,18,21)(H,19,20). The van der Waals surface area contributed by atoms with Crippen LogP contribution in [-0.2, 0) is 9.59 Å². The number of carbonyl (C=O) groups excluding carboxylic acids is 2. The lowest BCUT2D eigenvalue weighted by Crippen LogP contribution is -2.45. The van der Waals surface area contributed by atoms with Crippen LogP contribution in [0.4, 0.5) is 5.69 Å². The van der Waals surface area contributed by atoms with Gasteiger partial charge in [0.2, 0.25) is 11.8 Å². The minimum absolute atomic E-state index is 0.0909. The van der Waals surface area contributed by atoms with Gasteiger partial charge >= 0.3 is 0 Å². The smallest absolute Gasteiger partial charge is 0.238 e. The van der Waals surface area contributed by atoms with E-state index in [2.05, 4.69) is 16.0 Å². The Morgan fingerprint density at radius 3 is 2.29 bits per heavy atom. The van der Waals surface area contributed by atoms with Gasteiger partial charge in [0.1, 0.15) is 0 Å². The molecule has 5 nitrogen and oxygen atoms in total. The first-order chi connectivity index (χ1) is 9.88. The van der Waals surface area contributed by atoms with Crippen molar-refractivity contribution in [2.45, 2.75) is 33.7 Å². The van der Waals surface area contributed by atoms with Crippen molar-refractivity contribution in [3.8, 4) is 0 Å². The Hall–Kier alpha value is -1.88. The molecule has 0 heterocycles. The third kappa shape index (κ3) is 6.90. The van der Waals surface area contributed by atoms with E-state index in [0.717, 1.165) is 11.3 Å². The fourth-order valence-electron chi connectivity index (χ4n) is 1.64. The highest BCUT2D eigenvalue weighted by Gasteiger charge is 2.13. The summed E-state index contributed by atoms with van der Waals surface area (Å²) in [4.78, 5) is 23.5. The second-order valence-corrected chi connectivity index (χ2v) is 5.66. The summed E-state index contributed by atoms with van der Waals surface area (Å²) in [7, 11) is 0. The average Bonchev–Trinajstić information content (AvgIpc) is 2.44. The van der Waals surface area contributed by atoms with E-state index in [1.807, 2.05) is 45.0 Å². The topological polar surface area (TPSA) is 70.2 Å². The Bertz CT molecular complexity index is 469. The third-order valence-electron chi connectivity index (χ3n) is 2.98. The summed E-state index contributed by atoms with van der Waals surface area (Å²) in [6, 6.07) is 7.18. The highest BCUT2D eigenvalue weighted by Crippen LogP contribution is 2.07. The molecule has 3 N–H and O–H groups in total. The Morgan fingerprint density at radius 1 is 1.10 bits per heavy atom. The van der Waals surface area contributed by atoms with E-state index in [1.165, 1.54) is 0 Å². The molecule has 0 aliphatic rings. The molecule has 0 spiro atoms. The van der Waals surface area contributed by atoms with Crippen molar-refractivity contribution in [3.63, 3.8) is 0 Å². The van der Waals surface area contributed by atoms with Crippen LogP contribution in [0.5, 0.6) is 0 Å². The fourth-order valence-corrected chi connectivity index (χ4v) is 1.64. The molecule has 21 heavy (non-hydrogen) atoms. The lowest BCUT2D eigenvalue weighted by molar-refractivity contribution is -0.123. The molecule has 2 amide bonds. The van der Waals surface area contributed by atoms with Gasteiger partial charge in [-0.1, -0.05) is 31.5 Å². The minimum Gasteiger partial charge on any atom is -0.354 e. The second kappa shape index (κ2) is 8.42. The number of carbonyl (C=O) groups is 2. The van der Waals surface area contributed by atoms with Gasteiger partial charge in [0.25, 0.3) is 0 Å². The molecule has 0 aliphatic heterocycles. The van der Waals surface area contributed by atoms with Gasteiger partial charge in [-0.15, -0.1) is 0 Å². The maximum atomic E-state index is 11.8. The van der Waals surface area contributed by atoms with Crippen LogP contribution in [0, 0.1) is 12.8 Å². The van der Waals surface area contributed by atoms with Gasteiger partial charge in [0.15, 0.2) is 0 Å². The van der Waals surface area contributed by atoms with Gasteiger partial charge < -0.3 is 10.6 Å². The van der Waals surface area contributed by atoms with Crippen molar-refractivity contribution >= 4 is 17.5 Å². The number of aryl methyl sites for hydroxylation is 1. The molecule has 0 saturated carbocycles. The van der Waals surface area contributed by atoms with Gasteiger partial charge in [-0.25, -0.2) is 0 Å². The van der Waals surface area contributed by atoms with Crippen molar-refractivity contribution in [2.24, 2.45) is 5.92 Å². The van der Waals surface area contributed by atoms with Crippen LogP contribution in [0.15, 0.2) is 24.3 Å². The molecular formula is C16H25N3O2. The zero-order chi connectivity index (χ0) is 15.8. The monoisotopic (exact) mass is 291 g/mol. The zero-order valence-electron chi connectivity index (χ0n) is 13.2. The lowest BCUT2D eigenvalue weighted by Gasteiger charge is -2.15. The SMILES string of the molecule is Cc1ccc(NC(=O)CNC(C)C(=O)NCC(C)C)cc1. The van der Waals surface area contributed by atoms with Crippen molar-refractivity contribution in [2.75, 3.05) is 18.4 Å². The van der Waals surface area contributed by atoms with Crippen LogP contribution in [0.3, 0.4) is 0 Å². The summed E-state index contributed by atoms with van der Waals surface area (Å²) >= 11 is 0. The molecule has 0 aromatic heterocycles. The summed E-state index contributed by atoms with van der Waals surface area (Å²) in [5.74, 6) is 0.153. The van der Waals surface area contributed by atoms with E-state index in [4.69, 9.17) is 0 Å². The normalized spacial score (nSPS) is 12.0. The maximum Gasteiger partial charge on any atom is 0.238 e. The van der Waals surface area contributed by atoms with Crippen molar-refractivity contribution in [3.05, 3.63) is 29.8 Å². The number of hydrogen-bond donors (Lipinski definition) is 3. The predicted molar refractivity (Wildman–Crippen MR) is 85.1 cm³/mol. The number of benzene rings is 1. The van der Waals surface area contributed by atoms with Crippen LogP contribution in [0.1, 0.15) is 26.3 Å². The summed E-state index contributed by atoms with van der Waals surface area (Å²) in [6.07, 6.45) is 0. The van der Waals surface area contributed by atoms with Gasteiger partial charge in [0, 0.05) is 12.2 Å². The van der Waals surface area contributed by atoms with E-state index in [1.54, 1.807) is 6.92 Å². The first-order valence-corrected chi connectivity index (χ1v) is 7.26. The van der Waals surface area contributed by atoms with E-state index in [9.17, 15) is 9.59 Å². The number of hydrogen-bond acceptors (Lipinski definition) is 3. The van der Waals surface area contributed by atoms with Crippen molar-refractivity contribution in [1.82, 2.24) is 10.6 Å². The molecule has 0 bridgehead atoms. The molecule has 0 saturated heterocycles. The third-order valence-corrected chi connectivity index (χ3v) is 2.98. The average molecular weight is 291 g/mol. The molecule has 1 aromatic carbocycles. The molecule has 1 atom stereocenters. The molecule has 1 rings (SSSR count). The molecule has 0 radical (unpaired) electrons. The first-order valence-electron chi connectivity index (χ1n) is 7.26. The second-order valence-electron chi connectivity index (χ2n) is 5.66. The van der Waals surface area contributed by atoms with E-state index in [0.29, 0.717) is 12.5 Å². The maximum absolute atomic E-state index is 11.8. The molecule has 5 heteroatoms. The van der Waals surface area contributed by atoms with E-state index < -0.39 is 6.04 Å². The lowest BCUT2D eigenvalue weighted by atomic mass is 10.2. The zero-order valence-corrected chi connectivity index (χ0v) is 13.2. The molecule has 0 fully saturated rings. The minimum atomic E-state index is -0.396. The van der Waals surface area contributed by atoms with Gasteiger partial charge in [-0.3, -0.25) is 14.9 Å². The Labute approximate surface area is 126 Å². The number of anilines is 1. The molecule has 1 unspecified atom stereocenters. The Kier molecular flexibility index (Phi) is 6.88. The van der Waals surface area contributed by atoms with E-state index >= 15 is 0 Å². The molecule has 0 aliphatic carbocycles. The number of amides is 2. The number of nitrogens with one attached hydrogen (secondary N) is 3. The van der Waals surface area contributed by atoms with Crippen LogP contribution >= 0.6 is 0 Å². The van der Waals surface area contributed by atoms with Gasteiger partial charge in [-0.05, 0) is 31.9 Å². The highest BCUT2D eigenvalue weighted by atomic mass is 16.2. The van der Waals surface area contributed by atoms with Crippen molar-refractivity contribution < 1.29 is 9.59 Å². The molecular weight excluding hydrogens is 266 g/mol. The van der Waals surface area contributed by atoms with Gasteiger partial charge in [0.05, 0.1) is 12.6 Å². The summed E-state index contributed by atoms with van der Waals surface area (Å²) in [6.45, 7) is 8.55. The first kappa shape index (κ1) is 17.2. The molecule has 1 aromatic rings. The van der Waals surface area contributed by atoms with Crippen LogP contribution in [0.2, 0.25) is 0 Å². The quantitative estimate of drug-likeness (QED) is 0.716. The van der Waals surface area contributed by atoms with Crippen LogP contribution < -0.4 is 16.0 Å². The van der Waals surface area contributed by atoms with E-state index in [-0.39, 0.29) is 18.4 Å². The number of rotatable bonds is 7. The summed E-state index contributed by atoms with van der Waals surface area (Å²) in [5.41, 5.74) is 1.89. The van der Waals surface area contributed by atoms with Gasteiger partial charge in [-0.2, -0.15) is 0 Å². The highest BCUT2D eigenvalue weighted by molar-refractivity contribution is 5.92. The Morgan fingerprint density at radius 2 is 1.71 bits per heavy atom. The summed E-state index contributed by atoms with van der Waals surface area (Å²) < 4.78 is 0. The molecule has 116 valence electrons. The fraction of sp³-hybridized carbons (Fsp3) is 0.500. The largest absolute Gasteiger partial charge is 0.354 e. The van der Waals surface area contributed by atoms with Crippen LogP contribution in [0.25, 0.3) is 0 Å².